The van der Waals surface area contributed by atoms with Crippen molar-refractivity contribution >= 4 is 13.1 Å². The quantitative estimate of drug-likeness (QED) is 0.557. The van der Waals surface area contributed by atoms with Gasteiger partial charge in [0.25, 0.3) is 0 Å². The summed E-state index contributed by atoms with van der Waals surface area (Å²) in [5.41, 5.74) is 0.0339. The lowest BCUT2D eigenvalue weighted by atomic mass is 9.77. The fourth-order valence-electron chi connectivity index (χ4n) is 1.49. The van der Waals surface area contributed by atoms with Crippen molar-refractivity contribution in [3.63, 3.8) is 0 Å². The molecular formula is C12H21BO4. The molecule has 4 nitrogen and oxygen atoms in total. The molecule has 1 fully saturated rings. The lowest BCUT2D eigenvalue weighted by Crippen LogP contribution is -2.41. The van der Waals surface area contributed by atoms with E-state index in [1.54, 1.807) is 0 Å². The van der Waals surface area contributed by atoms with Crippen molar-refractivity contribution in [3.8, 4) is 0 Å². The average Bonchev–Trinajstić information content (AvgIpc) is 2.44. The number of rotatable bonds is 4. The van der Waals surface area contributed by atoms with Gasteiger partial charge in [0, 0.05) is 6.42 Å². The van der Waals surface area contributed by atoms with Crippen LogP contribution in [0.4, 0.5) is 0 Å². The van der Waals surface area contributed by atoms with Crippen molar-refractivity contribution < 1.29 is 18.8 Å². The first-order valence-corrected chi connectivity index (χ1v) is 5.80. The van der Waals surface area contributed by atoms with Crippen LogP contribution < -0.4 is 0 Å². The van der Waals surface area contributed by atoms with E-state index in [1.165, 1.54) is 7.11 Å². The van der Waals surface area contributed by atoms with E-state index in [0.717, 1.165) is 5.47 Å². The minimum Gasteiger partial charge on any atom is -0.469 e. The van der Waals surface area contributed by atoms with Crippen LogP contribution in [0.15, 0.2) is 12.1 Å². The Hall–Kier alpha value is -0.805. The van der Waals surface area contributed by atoms with E-state index in [1.807, 2.05) is 27.7 Å². The standard InChI is InChI=1S/C12H21BO4/c1-9(7-8-10(14)15-6)13-16-11(2,3)12(4,5)17-13/h1,7-8H2,2-6H3. The molecule has 0 bridgehead atoms. The van der Waals surface area contributed by atoms with Crippen LogP contribution in [0, 0.1) is 0 Å². The Morgan fingerprint density at radius 1 is 1.18 bits per heavy atom. The molecule has 0 atom stereocenters. The first kappa shape index (κ1) is 14.3. The predicted octanol–water partition coefficient (Wildman–Crippen LogP) is 2.13. The molecule has 0 aromatic rings. The van der Waals surface area contributed by atoms with Crippen molar-refractivity contribution in [2.45, 2.75) is 51.7 Å². The van der Waals surface area contributed by atoms with Gasteiger partial charge in [-0.1, -0.05) is 0 Å². The lowest BCUT2D eigenvalue weighted by molar-refractivity contribution is -0.140. The zero-order valence-electron chi connectivity index (χ0n) is 11.3. The first-order chi connectivity index (χ1) is 7.69. The van der Waals surface area contributed by atoms with Gasteiger partial charge in [0.05, 0.1) is 18.3 Å². The topological polar surface area (TPSA) is 44.8 Å². The molecule has 0 aromatic carbocycles. The van der Waals surface area contributed by atoms with E-state index in [0.29, 0.717) is 12.8 Å². The highest BCUT2D eigenvalue weighted by Gasteiger charge is 2.51. The molecule has 0 N–H and O–H groups in total. The van der Waals surface area contributed by atoms with Gasteiger partial charge in [0.2, 0.25) is 0 Å². The molecule has 1 heterocycles. The molecule has 96 valence electrons. The van der Waals surface area contributed by atoms with Gasteiger partial charge in [-0.15, -0.1) is 6.58 Å². The SMILES string of the molecule is C=C(CCC(=O)OC)B1OC(C)(C)C(C)(C)O1. The van der Waals surface area contributed by atoms with Crippen LogP contribution in [0.25, 0.3) is 0 Å². The molecule has 1 saturated heterocycles. The number of hydrogen-bond acceptors (Lipinski definition) is 4. The summed E-state index contributed by atoms with van der Waals surface area (Å²) < 4.78 is 16.2. The number of carbonyl (C=O) groups excluding carboxylic acids is 1. The Morgan fingerprint density at radius 3 is 2.06 bits per heavy atom. The van der Waals surface area contributed by atoms with Crippen molar-refractivity contribution in [3.05, 3.63) is 12.1 Å². The molecule has 0 spiro atoms. The third-order valence-corrected chi connectivity index (χ3v) is 3.46. The van der Waals surface area contributed by atoms with Gasteiger partial charge in [0.15, 0.2) is 0 Å². The van der Waals surface area contributed by atoms with Crippen LogP contribution in [0.1, 0.15) is 40.5 Å². The second-order valence-electron chi connectivity index (χ2n) is 5.32. The zero-order chi connectivity index (χ0) is 13.3. The summed E-state index contributed by atoms with van der Waals surface area (Å²) in [6.45, 7) is 11.9. The molecule has 0 amide bonds. The summed E-state index contributed by atoms with van der Waals surface area (Å²) in [7, 11) is 0.935. The van der Waals surface area contributed by atoms with E-state index in [9.17, 15) is 4.79 Å². The second-order valence-corrected chi connectivity index (χ2v) is 5.32. The number of esters is 1. The van der Waals surface area contributed by atoms with Gasteiger partial charge < -0.3 is 14.0 Å². The lowest BCUT2D eigenvalue weighted by Gasteiger charge is -2.32. The van der Waals surface area contributed by atoms with Crippen molar-refractivity contribution in [2.75, 3.05) is 7.11 Å². The number of methoxy groups -OCH3 is 1. The molecule has 0 aliphatic carbocycles. The maximum absolute atomic E-state index is 11.0. The Bertz CT molecular complexity index is 306. The fraction of sp³-hybridized carbons (Fsp3) is 0.750. The van der Waals surface area contributed by atoms with Crippen molar-refractivity contribution in [1.29, 1.82) is 0 Å². The Morgan fingerprint density at radius 2 is 1.65 bits per heavy atom. The number of hydrogen-bond donors (Lipinski definition) is 0. The first-order valence-electron chi connectivity index (χ1n) is 5.80. The smallest absolute Gasteiger partial charge is 0.469 e. The van der Waals surface area contributed by atoms with E-state index in [-0.39, 0.29) is 17.2 Å². The minimum absolute atomic E-state index is 0.248. The molecule has 1 aliphatic rings. The molecule has 1 aliphatic heterocycles. The second kappa shape index (κ2) is 4.82. The van der Waals surface area contributed by atoms with Crippen molar-refractivity contribution in [2.24, 2.45) is 0 Å². The van der Waals surface area contributed by atoms with Crippen LogP contribution in [0.5, 0.6) is 0 Å². The van der Waals surface area contributed by atoms with Crippen LogP contribution in [0.3, 0.4) is 0 Å². The van der Waals surface area contributed by atoms with E-state index >= 15 is 0 Å². The largest absolute Gasteiger partial charge is 0.489 e. The van der Waals surface area contributed by atoms with Crippen LogP contribution >= 0.6 is 0 Å². The van der Waals surface area contributed by atoms with Crippen molar-refractivity contribution in [1.82, 2.24) is 0 Å². The van der Waals surface area contributed by atoms with Crippen LogP contribution in [-0.2, 0) is 18.8 Å². The summed E-state index contributed by atoms with van der Waals surface area (Å²) >= 11 is 0. The normalized spacial score (nSPS) is 21.4. The van der Waals surface area contributed by atoms with E-state index in [2.05, 4.69) is 11.3 Å². The molecule has 17 heavy (non-hydrogen) atoms. The highest BCUT2D eigenvalue weighted by molar-refractivity contribution is 6.54. The average molecular weight is 240 g/mol. The van der Waals surface area contributed by atoms with E-state index in [4.69, 9.17) is 9.31 Å². The molecule has 0 aromatic heterocycles. The Labute approximate surface area is 103 Å². The number of allylic oxidation sites excluding steroid dienone is 1. The maximum atomic E-state index is 11.0. The third kappa shape index (κ3) is 3.10. The summed E-state index contributed by atoms with van der Waals surface area (Å²) in [6.07, 6.45) is 0.822. The Balaban J connectivity index is 2.54. The van der Waals surface area contributed by atoms with Gasteiger partial charge in [-0.25, -0.2) is 0 Å². The molecule has 0 saturated carbocycles. The summed E-state index contributed by atoms with van der Waals surface area (Å²) in [5, 5.41) is 0. The van der Waals surface area contributed by atoms with Gasteiger partial charge >= 0.3 is 13.1 Å². The van der Waals surface area contributed by atoms with Gasteiger partial charge in [-0.05, 0) is 39.6 Å². The van der Waals surface area contributed by atoms with Crippen LogP contribution in [0.2, 0.25) is 0 Å². The van der Waals surface area contributed by atoms with Gasteiger partial charge in [-0.3, -0.25) is 4.79 Å². The zero-order valence-corrected chi connectivity index (χ0v) is 11.3. The molecule has 0 radical (unpaired) electrons. The summed E-state index contributed by atoms with van der Waals surface area (Å²) in [5.74, 6) is -0.248. The number of carbonyl (C=O) groups is 1. The summed E-state index contributed by atoms with van der Waals surface area (Å²) in [6, 6.07) is 0. The fourth-order valence-corrected chi connectivity index (χ4v) is 1.49. The van der Waals surface area contributed by atoms with Crippen LogP contribution in [-0.4, -0.2) is 31.4 Å². The minimum atomic E-state index is -0.440. The van der Waals surface area contributed by atoms with Gasteiger partial charge in [0.1, 0.15) is 0 Å². The molecule has 5 heteroatoms. The predicted molar refractivity (Wildman–Crippen MR) is 66.5 cm³/mol. The molecular weight excluding hydrogens is 219 g/mol. The molecule has 1 rings (SSSR count). The molecule has 0 unspecified atom stereocenters. The Kier molecular flexibility index (Phi) is 4.04. The highest BCUT2D eigenvalue weighted by atomic mass is 16.7. The summed E-state index contributed by atoms with van der Waals surface area (Å²) in [4.78, 5) is 11.0. The highest BCUT2D eigenvalue weighted by Crippen LogP contribution is 2.38. The van der Waals surface area contributed by atoms with Gasteiger partial charge in [-0.2, -0.15) is 0 Å². The maximum Gasteiger partial charge on any atom is 0.489 e. The van der Waals surface area contributed by atoms with E-state index < -0.39 is 7.12 Å². The monoisotopic (exact) mass is 240 g/mol. The third-order valence-electron chi connectivity index (χ3n) is 3.46. The number of ether oxygens (including phenoxy) is 1.